The second-order valence-corrected chi connectivity index (χ2v) is 4.82. The van der Waals surface area contributed by atoms with Crippen LogP contribution in [0.2, 0.25) is 0 Å². The van der Waals surface area contributed by atoms with Crippen molar-refractivity contribution in [3.05, 3.63) is 17.7 Å². The zero-order valence-electron chi connectivity index (χ0n) is 12.0. The molecule has 6 heteroatoms. The fourth-order valence-corrected chi connectivity index (χ4v) is 3.00. The van der Waals surface area contributed by atoms with Crippen LogP contribution >= 0.6 is 24.0 Å². The molecular weight excluding hydrogens is 369 g/mol. The summed E-state index contributed by atoms with van der Waals surface area (Å²) in [6.45, 7) is 1.05. The summed E-state index contributed by atoms with van der Waals surface area (Å²) in [6, 6.07) is 4.47. The summed E-state index contributed by atoms with van der Waals surface area (Å²) in [5.74, 6) is 2.48. The van der Waals surface area contributed by atoms with Crippen LogP contribution < -0.4 is 14.8 Å². The van der Waals surface area contributed by atoms with E-state index in [4.69, 9.17) is 9.47 Å². The van der Waals surface area contributed by atoms with E-state index in [-0.39, 0.29) is 24.0 Å². The molecule has 5 nitrogen and oxygen atoms in total. The first-order valence-electron chi connectivity index (χ1n) is 6.55. The highest BCUT2D eigenvalue weighted by molar-refractivity contribution is 14.0. The van der Waals surface area contributed by atoms with Gasteiger partial charge >= 0.3 is 0 Å². The number of methoxy groups -OCH3 is 2. The maximum absolute atomic E-state index is 5.40. The number of nitrogens with zero attached hydrogens (tertiary/aromatic N) is 2. The summed E-state index contributed by atoms with van der Waals surface area (Å²) in [5, 5.41) is 3.38. The number of rotatable bonds is 2. The standard InChI is InChI=1S/C14H19N3O2.HI/c1-15-14-16-10-8-13(19-3)12(18-2)7-9(10)11-5-4-6-17(11)14;/h7-8,11H,4-6H2,1-3H3,(H,15,16);1H. The quantitative estimate of drug-likeness (QED) is 0.791. The highest BCUT2D eigenvalue weighted by atomic mass is 127. The van der Waals surface area contributed by atoms with Crippen molar-refractivity contribution in [2.75, 3.05) is 33.1 Å². The van der Waals surface area contributed by atoms with Gasteiger partial charge in [0.15, 0.2) is 17.5 Å². The third-order valence-electron chi connectivity index (χ3n) is 3.90. The number of fused-ring (bicyclic) bond motifs is 3. The molecule has 0 amide bonds. The van der Waals surface area contributed by atoms with E-state index >= 15 is 0 Å². The molecule has 1 N–H and O–H groups in total. The summed E-state index contributed by atoms with van der Waals surface area (Å²) >= 11 is 0. The van der Waals surface area contributed by atoms with E-state index in [9.17, 15) is 0 Å². The van der Waals surface area contributed by atoms with Crippen LogP contribution in [-0.2, 0) is 0 Å². The lowest BCUT2D eigenvalue weighted by atomic mass is 9.99. The molecule has 2 heterocycles. The summed E-state index contributed by atoms with van der Waals surface area (Å²) < 4.78 is 10.8. The molecule has 0 radical (unpaired) electrons. The fraction of sp³-hybridized carbons (Fsp3) is 0.500. The van der Waals surface area contributed by atoms with Gasteiger partial charge in [0.05, 0.1) is 25.9 Å². The molecule has 2 aliphatic heterocycles. The third kappa shape index (κ3) is 2.30. The van der Waals surface area contributed by atoms with Crippen LogP contribution in [0.4, 0.5) is 5.69 Å². The lowest BCUT2D eigenvalue weighted by Gasteiger charge is -2.35. The predicted octanol–water partition coefficient (Wildman–Crippen LogP) is 2.87. The summed E-state index contributed by atoms with van der Waals surface area (Å²) in [5.41, 5.74) is 2.34. The number of hydrogen-bond acceptors (Lipinski definition) is 3. The number of nitrogens with one attached hydrogen (secondary N) is 1. The fourth-order valence-electron chi connectivity index (χ4n) is 3.00. The Balaban J connectivity index is 0.00000147. The molecule has 1 aromatic rings. The van der Waals surface area contributed by atoms with Crippen molar-refractivity contribution in [1.82, 2.24) is 4.90 Å². The van der Waals surface area contributed by atoms with Gasteiger partial charge in [-0.25, -0.2) is 0 Å². The van der Waals surface area contributed by atoms with Gasteiger partial charge < -0.3 is 19.7 Å². The third-order valence-corrected chi connectivity index (χ3v) is 3.90. The number of halogens is 1. The normalized spacial score (nSPS) is 21.6. The van der Waals surface area contributed by atoms with Gasteiger partial charge in [-0.3, -0.25) is 4.99 Å². The molecule has 0 spiro atoms. The van der Waals surface area contributed by atoms with Gasteiger partial charge in [-0.1, -0.05) is 0 Å². The van der Waals surface area contributed by atoms with E-state index < -0.39 is 0 Å². The van der Waals surface area contributed by atoms with Crippen molar-refractivity contribution in [2.24, 2.45) is 4.99 Å². The van der Waals surface area contributed by atoms with Gasteiger partial charge in [-0.15, -0.1) is 24.0 Å². The highest BCUT2D eigenvalue weighted by Gasteiger charge is 2.35. The number of hydrogen-bond donors (Lipinski definition) is 1. The van der Waals surface area contributed by atoms with Gasteiger partial charge in [0.2, 0.25) is 0 Å². The molecule has 1 fully saturated rings. The van der Waals surface area contributed by atoms with Crippen molar-refractivity contribution in [3.8, 4) is 11.5 Å². The van der Waals surface area contributed by atoms with Crippen LogP contribution in [-0.4, -0.2) is 38.7 Å². The lowest BCUT2D eigenvalue weighted by molar-refractivity contribution is 0.350. The largest absolute Gasteiger partial charge is 0.493 e. The minimum absolute atomic E-state index is 0. The van der Waals surface area contributed by atoms with Crippen LogP contribution in [0.5, 0.6) is 11.5 Å². The molecule has 3 rings (SSSR count). The first-order valence-corrected chi connectivity index (χ1v) is 6.55. The first-order chi connectivity index (χ1) is 9.28. The Morgan fingerprint density at radius 3 is 2.60 bits per heavy atom. The Kier molecular flexibility index (Phi) is 4.62. The van der Waals surface area contributed by atoms with E-state index in [0.717, 1.165) is 36.1 Å². The molecule has 0 bridgehead atoms. The zero-order chi connectivity index (χ0) is 13.4. The van der Waals surface area contributed by atoms with E-state index in [1.54, 1.807) is 14.2 Å². The molecule has 1 atom stereocenters. The molecule has 20 heavy (non-hydrogen) atoms. The molecule has 0 aromatic heterocycles. The molecule has 0 aliphatic carbocycles. The van der Waals surface area contributed by atoms with Crippen molar-refractivity contribution >= 4 is 35.6 Å². The van der Waals surface area contributed by atoms with Crippen molar-refractivity contribution in [3.63, 3.8) is 0 Å². The van der Waals surface area contributed by atoms with E-state index in [1.807, 2.05) is 13.1 Å². The Morgan fingerprint density at radius 2 is 1.95 bits per heavy atom. The number of aliphatic imine (C=N–C) groups is 1. The van der Waals surface area contributed by atoms with Gasteiger partial charge in [0.1, 0.15) is 0 Å². The Hall–Kier alpha value is -1.18. The molecule has 1 saturated heterocycles. The second kappa shape index (κ2) is 6.07. The maximum atomic E-state index is 5.40. The van der Waals surface area contributed by atoms with Crippen LogP contribution in [0, 0.1) is 0 Å². The molecule has 110 valence electrons. The number of anilines is 1. The van der Waals surface area contributed by atoms with E-state index in [2.05, 4.69) is 21.3 Å². The van der Waals surface area contributed by atoms with Gasteiger partial charge in [0.25, 0.3) is 0 Å². The summed E-state index contributed by atoms with van der Waals surface area (Å²) in [4.78, 5) is 6.67. The van der Waals surface area contributed by atoms with E-state index in [0.29, 0.717) is 6.04 Å². The average molecular weight is 389 g/mol. The summed E-state index contributed by atoms with van der Waals surface area (Å²) in [6.07, 6.45) is 2.35. The van der Waals surface area contributed by atoms with Crippen molar-refractivity contribution in [2.45, 2.75) is 18.9 Å². The molecule has 1 aromatic carbocycles. The topological polar surface area (TPSA) is 46.1 Å². The van der Waals surface area contributed by atoms with Crippen LogP contribution in [0.3, 0.4) is 0 Å². The van der Waals surface area contributed by atoms with Crippen molar-refractivity contribution < 1.29 is 9.47 Å². The number of ether oxygens (including phenoxy) is 2. The highest BCUT2D eigenvalue weighted by Crippen LogP contribution is 2.44. The summed E-state index contributed by atoms with van der Waals surface area (Å²) in [7, 11) is 5.15. The number of benzene rings is 1. The Bertz CT molecular complexity index is 533. The van der Waals surface area contributed by atoms with Gasteiger partial charge in [0, 0.05) is 25.2 Å². The van der Waals surface area contributed by atoms with E-state index in [1.165, 1.54) is 12.0 Å². The smallest absolute Gasteiger partial charge is 0.198 e. The van der Waals surface area contributed by atoms with Gasteiger partial charge in [-0.05, 0) is 18.9 Å². The molecule has 1 unspecified atom stereocenters. The molecular formula is C14H20IN3O2. The SMILES string of the molecule is CN=C1Nc2cc(OC)c(OC)cc2C2CCCN12.I. The minimum atomic E-state index is 0. The average Bonchev–Trinajstić information content (AvgIpc) is 2.94. The molecule has 0 saturated carbocycles. The van der Waals surface area contributed by atoms with Crippen LogP contribution in [0.1, 0.15) is 24.4 Å². The minimum Gasteiger partial charge on any atom is -0.493 e. The zero-order valence-corrected chi connectivity index (χ0v) is 14.3. The second-order valence-electron chi connectivity index (χ2n) is 4.82. The van der Waals surface area contributed by atoms with Crippen molar-refractivity contribution in [1.29, 1.82) is 0 Å². The van der Waals surface area contributed by atoms with Crippen LogP contribution in [0.25, 0.3) is 0 Å². The number of guanidine groups is 1. The van der Waals surface area contributed by atoms with Gasteiger partial charge in [-0.2, -0.15) is 0 Å². The Labute approximate surface area is 136 Å². The Morgan fingerprint density at radius 1 is 1.25 bits per heavy atom. The van der Waals surface area contributed by atoms with Crippen LogP contribution in [0.15, 0.2) is 17.1 Å². The first kappa shape index (κ1) is 15.2. The monoisotopic (exact) mass is 389 g/mol. The lowest BCUT2D eigenvalue weighted by Crippen LogP contribution is -2.40. The predicted molar refractivity (Wildman–Crippen MR) is 90.6 cm³/mol. The molecule has 2 aliphatic rings. The maximum Gasteiger partial charge on any atom is 0.198 e.